The Morgan fingerprint density at radius 3 is 2.68 bits per heavy atom. The van der Waals surface area contributed by atoms with Crippen molar-refractivity contribution in [2.45, 2.75) is 19.9 Å². The molecule has 0 bridgehead atoms. The van der Waals surface area contributed by atoms with Crippen molar-refractivity contribution in [2.24, 2.45) is 0 Å². The number of morpholine rings is 1. The summed E-state index contributed by atoms with van der Waals surface area (Å²) in [4.78, 5) is 4.60. The van der Waals surface area contributed by atoms with Gasteiger partial charge in [-0.3, -0.25) is 4.90 Å². The third-order valence-electron chi connectivity index (χ3n) is 4.64. The van der Waals surface area contributed by atoms with E-state index in [0.29, 0.717) is 18.3 Å². The monoisotopic (exact) mass is 403 g/mol. The summed E-state index contributed by atoms with van der Waals surface area (Å²) >= 11 is 5.69. The molecule has 3 rings (SSSR count). The number of nitrogens with one attached hydrogen (secondary N) is 1. The van der Waals surface area contributed by atoms with E-state index in [9.17, 15) is 0 Å². The molecule has 1 saturated heterocycles. The average molecular weight is 404 g/mol. The minimum atomic E-state index is 0.652. The molecule has 1 aromatic carbocycles. The van der Waals surface area contributed by atoms with Crippen LogP contribution < -0.4 is 10.1 Å². The summed E-state index contributed by atoms with van der Waals surface area (Å²) in [7, 11) is 0. The van der Waals surface area contributed by atoms with Gasteiger partial charge in [-0.25, -0.2) is 0 Å². The van der Waals surface area contributed by atoms with Crippen molar-refractivity contribution in [3.63, 3.8) is 0 Å². The predicted molar refractivity (Wildman–Crippen MR) is 115 cm³/mol. The van der Waals surface area contributed by atoms with Crippen LogP contribution >= 0.6 is 12.2 Å². The summed E-state index contributed by atoms with van der Waals surface area (Å²) in [6, 6.07) is 11.7. The second kappa shape index (κ2) is 11.0. The van der Waals surface area contributed by atoms with E-state index in [1.54, 1.807) is 6.26 Å². The molecule has 6 nitrogen and oxygen atoms in total. The number of ether oxygens (including phenoxy) is 2. The van der Waals surface area contributed by atoms with E-state index in [1.807, 2.05) is 43.3 Å². The van der Waals surface area contributed by atoms with Crippen molar-refractivity contribution >= 4 is 23.0 Å². The molecule has 1 aliphatic rings. The first-order valence-electron chi connectivity index (χ1n) is 9.86. The van der Waals surface area contributed by atoms with Crippen molar-refractivity contribution in [1.82, 2.24) is 9.80 Å². The summed E-state index contributed by atoms with van der Waals surface area (Å²) < 4.78 is 16.4. The summed E-state index contributed by atoms with van der Waals surface area (Å²) in [5.41, 5.74) is 0.950. The van der Waals surface area contributed by atoms with Gasteiger partial charge in [0.05, 0.1) is 32.6 Å². The standard InChI is InChI=1S/C21H29N3O3S/c1-2-26-19-8-6-18(7-9-19)22-21(28)24(17-20-5-3-14-27-20)11-4-10-23-12-15-25-16-13-23/h3,5-9,14H,2,4,10-13,15-17H2,1H3,(H,22,28). The van der Waals surface area contributed by atoms with Gasteiger partial charge in [0.2, 0.25) is 0 Å². The van der Waals surface area contributed by atoms with Crippen LogP contribution in [-0.4, -0.2) is 60.9 Å². The highest BCUT2D eigenvalue weighted by atomic mass is 32.1. The Hall–Kier alpha value is -2.09. The Kier molecular flexibility index (Phi) is 8.14. The van der Waals surface area contributed by atoms with E-state index in [4.69, 9.17) is 26.1 Å². The van der Waals surface area contributed by atoms with Crippen molar-refractivity contribution < 1.29 is 13.9 Å². The molecule has 1 aromatic heterocycles. The van der Waals surface area contributed by atoms with Crippen molar-refractivity contribution in [2.75, 3.05) is 51.3 Å². The van der Waals surface area contributed by atoms with Gasteiger partial charge in [0.1, 0.15) is 11.5 Å². The lowest BCUT2D eigenvalue weighted by Gasteiger charge is -2.29. The Morgan fingerprint density at radius 1 is 1.21 bits per heavy atom. The zero-order valence-corrected chi connectivity index (χ0v) is 17.2. The SMILES string of the molecule is CCOc1ccc(NC(=S)N(CCCN2CCOCC2)Cc2ccco2)cc1. The van der Waals surface area contributed by atoms with E-state index in [0.717, 1.165) is 63.0 Å². The molecule has 0 spiro atoms. The normalized spacial score (nSPS) is 14.6. The van der Waals surface area contributed by atoms with E-state index in [1.165, 1.54) is 0 Å². The lowest BCUT2D eigenvalue weighted by molar-refractivity contribution is 0.0367. The zero-order valence-electron chi connectivity index (χ0n) is 16.4. The maximum atomic E-state index is 5.69. The molecule has 2 aromatic rings. The molecule has 1 N–H and O–H groups in total. The smallest absolute Gasteiger partial charge is 0.173 e. The number of benzene rings is 1. The van der Waals surface area contributed by atoms with Gasteiger partial charge in [0.25, 0.3) is 0 Å². The number of anilines is 1. The molecule has 0 aliphatic carbocycles. The highest BCUT2D eigenvalue weighted by Gasteiger charge is 2.15. The molecule has 2 heterocycles. The van der Waals surface area contributed by atoms with Gasteiger partial charge < -0.3 is 24.1 Å². The lowest BCUT2D eigenvalue weighted by Crippen LogP contribution is -2.39. The average Bonchev–Trinajstić information content (AvgIpc) is 3.23. The summed E-state index contributed by atoms with van der Waals surface area (Å²) in [5, 5.41) is 4.04. The van der Waals surface area contributed by atoms with Gasteiger partial charge in [0, 0.05) is 31.9 Å². The van der Waals surface area contributed by atoms with Gasteiger partial charge in [0.15, 0.2) is 5.11 Å². The molecular formula is C21H29N3O3S. The lowest BCUT2D eigenvalue weighted by atomic mass is 10.3. The van der Waals surface area contributed by atoms with Gasteiger partial charge in [-0.05, 0) is 62.0 Å². The van der Waals surface area contributed by atoms with Gasteiger partial charge in [-0.15, -0.1) is 0 Å². The fraction of sp³-hybridized carbons (Fsp3) is 0.476. The quantitative estimate of drug-likeness (QED) is 0.642. The van der Waals surface area contributed by atoms with Gasteiger partial charge in [-0.1, -0.05) is 0 Å². The molecule has 152 valence electrons. The van der Waals surface area contributed by atoms with Crippen LogP contribution in [0.5, 0.6) is 5.75 Å². The summed E-state index contributed by atoms with van der Waals surface area (Å²) in [6.45, 7) is 8.86. The van der Waals surface area contributed by atoms with Crippen LogP contribution in [-0.2, 0) is 11.3 Å². The third-order valence-corrected chi connectivity index (χ3v) is 5.00. The number of nitrogens with zero attached hydrogens (tertiary/aromatic N) is 2. The Bertz CT molecular complexity index is 700. The molecule has 0 amide bonds. The number of hydrogen-bond donors (Lipinski definition) is 1. The van der Waals surface area contributed by atoms with Crippen LogP contribution in [0.2, 0.25) is 0 Å². The topological polar surface area (TPSA) is 50.1 Å². The Morgan fingerprint density at radius 2 is 2.00 bits per heavy atom. The number of hydrogen-bond acceptors (Lipinski definition) is 5. The molecule has 7 heteroatoms. The first kappa shape index (κ1) is 20.6. The fourth-order valence-electron chi connectivity index (χ4n) is 3.16. The minimum Gasteiger partial charge on any atom is -0.494 e. The minimum absolute atomic E-state index is 0.652. The Labute approximate surface area is 172 Å². The van der Waals surface area contributed by atoms with Gasteiger partial charge >= 0.3 is 0 Å². The number of thiocarbonyl (C=S) groups is 1. The van der Waals surface area contributed by atoms with E-state index >= 15 is 0 Å². The van der Waals surface area contributed by atoms with Crippen molar-refractivity contribution in [1.29, 1.82) is 0 Å². The van der Waals surface area contributed by atoms with Crippen LogP contribution in [0, 0.1) is 0 Å². The van der Waals surface area contributed by atoms with Crippen LogP contribution in [0.1, 0.15) is 19.1 Å². The van der Waals surface area contributed by atoms with E-state index < -0.39 is 0 Å². The molecule has 1 aliphatic heterocycles. The number of rotatable bonds is 9. The highest BCUT2D eigenvalue weighted by molar-refractivity contribution is 7.80. The molecule has 0 saturated carbocycles. The molecule has 28 heavy (non-hydrogen) atoms. The molecular weight excluding hydrogens is 374 g/mol. The van der Waals surface area contributed by atoms with Crippen LogP contribution in [0.15, 0.2) is 47.1 Å². The molecule has 0 atom stereocenters. The first-order chi connectivity index (χ1) is 13.7. The van der Waals surface area contributed by atoms with Gasteiger partial charge in [-0.2, -0.15) is 0 Å². The summed E-state index contributed by atoms with van der Waals surface area (Å²) in [5.74, 6) is 1.76. The van der Waals surface area contributed by atoms with Crippen LogP contribution in [0.3, 0.4) is 0 Å². The maximum absolute atomic E-state index is 5.69. The second-order valence-electron chi connectivity index (χ2n) is 6.70. The molecule has 0 unspecified atom stereocenters. The maximum Gasteiger partial charge on any atom is 0.173 e. The van der Waals surface area contributed by atoms with Crippen LogP contribution in [0.25, 0.3) is 0 Å². The zero-order chi connectivity index (χ0) is 19.6. The molecule has 1 fully saturated rings. The fourth-order valence-corrected chi connectivity index (χ4v) is 3.43. The first-order valence-corrected chi connectivity index (χ1v) is 10.3. The Balaban J connectivity index is 1.55. The highest BCUT2D eigenvalue weighted by Crippen LogP contribution is 2.17. The number of furan rings is 1. The van der Waals surface area contributed by atoms with Crippen molar-refractivity contribution in [3.8, 4) is 5.75 Å². The third kappa shape index (κ3) is 6.51. The van der Waals surface area contributed by atoms with Crippen molar-refractivity contribution in [3.05, 3.63) is 48.4 Å². The molecule has 0 radical (unpaired) electrons. The second-order valence-corrected chi connectivity index (χ2v) is 7.08. The largest absolute Gasteiger partial charge is 0.494 e. The van der Waals surface area contributed by atoms with Crippen LogP contribution in [0.4, 0.5) is 5.69 Å². The van der Waals surface area contributed by atoms with E-state index in [2.05, 4.69) is 15.1 Å². The van der Waals surface area contributed by atoms with E-state index in [-0.39, 0.29) is 0 Å². The predicted octanol–water partition coefficient (Wildman–Crippen LogP) is 3.60. The summed E-state index contributed by atoms with van der Waals surface area (Å²) in [6.07, 6.45) is 2.73.